The van der Waals surface area contributed by atoms with Crippen molar-refractivity contribution in [1.29, 1.82) is 0 Å². The van der Waals surface area contributed by atoms with Crippen LogP contribution in [-0.2, 0) is 6.54 Å². The van der Waals surface area contributed by atoms with E-state index in [9.17, 15) is 5.11 Å². The van der Waals surface area contributed by atoms with Crippen molar-refractivity contribution in [3.05, 3.63) is 28.8 Å². The molecule has 0 aromatic heterocycles. The first kappa shape index (κ1) is 17.3. The quantitative estimate of drug-likeness (QED) is 0.650. The van der Waals surface area contributed by atoms with E-state index < -0.39 is 0 Å². The first-order chi connectivity index (χ1) is 9.72. The predicted molar refractivity (Wildman–Crippen MR) is 87.7 cm³/mol. The van der Waals surface area contributed by atoms with Gasteiger partial charge in [-0.1, -0.05) is 37.9 Å². The molecule has 114 valence electrons. The van der Waals surface area contributed by atoms with Crippen molar-refractivity contribution in [2.75, 3.05) is 31.1 Å². The maximum absolute atomic E-state index is 9.28. The SMILES string of the molecule is CCCCN(CCO)c1cc(Cl)ccc1CNCCC. The van der Waals surface area contributed by atoms with Crippen LogP contribution in [0.15, 0.2) is 18.2 Å². The number of benzene rings is 1. The highest BCUT2D eigenvalue weighted by Crippen LogP contribution is 2.25. The van der Waals surface area contributed by atoms with Crippen LogP contribution in [0.5, 0.6) is 0 Å². The topological polar surface area (TPSA) is 35.5 Å². The molecule has 2 N–H and O–H groups in total. The minimum atomic E-state index is 0.165. The summed E-state index contributed by atoms with van der Waals surface area (Å²) < 4.78 is 0. The van der Waals surface area contributed by atoms with Gasteiger partial charge >= 0.3 is 0 Å². The Morgan fingerprint density at radius 3 is 2.65 bits per heavy atom. The molecule has 0 saturated heterocycles. The van der Waals surface area contributed by atoms with Gasteiger partial charge in [-0.2, -0.15) is 0 Å². The second kappa shape index (κ2) is 10.0. The lowest BCUT2D eigenvalue weighted by Crippen LogP contribution is -2.29. The van der Waals surface area contributed by atoms with Gasteiger partial charge in [0.05, 0.1) is 6.61 Å². The van der Waals surface area contributed by atoms with Crippen molar-refractivity contribution >= 4 is 17.3 Å². The zero-order valence-corrected chi connectivity index (χ0v) is 13.4. The number of unbranched alkanes of at least 4 members (excludes halogenated alkanes) is 1. The molecule has 0 aliphatic carbocycles. The van der Waals surface area contributed by atoms with Crippen molar-refractivity contribution in [3.63, 3.8) is 0 Å². The first-order valence-corrected chi connectivity index (χ1v) is 7.95. The van der Waals surface area contributed by atoms with E-state index in [1.165, 1.54) is 5.56 Å². The predicted octanol–water partition coefficient (Wildman–Crippen LogP) is 3.44. The van der Waals surface area contributed by atoms with Crippen LogP contribution in [0.1, 0.15) is 38.7 Å². The van der Waals surface area contributed by atoms with Gasteiger partial charge in [0.2, 0.25) is 0 Å². The minimum absolute atomic E-state index is 0.165. The van der Waals surface area contributed by atoms with Gasteiger partial charge in [0.1, 0.15) is 0 Å². The van der Waals surface area contributed by atoms with E-state index in [2.05, 4.69) is 30.1 Å². The number of halogens is 1. The Labute approximate surface area is 127 Å². The zero-order chi connectivity index (χ0) is 14.8. The molecular weight excluding hydrogens is 272 g/mol. The van der Waals surface area contributed by atoms with Gasteiger partial charge in [-0.05, 0) is 37.1 Å². The molecule has 0 heterocycles. The standard InChI is InChI=1S/C16H27ClN2O/c1-3-5-9-19(10-11-20)16-12-15(17)7-6-14(16)13-18-8-4-2/h6-7,12,18,20H,3-5,8-11,13H2,1-2H3. The number of aliphatic hydroxyl groups is 1. The lowest BCUT2D eigenvalue weighted by atomic mass is 10.1. The van der Waals surface area contributed by atoms with E-state index >= 15 is 0 Å². The summed E-state index contributed by atoms with van der Waals surface area (Å²) in [7, 11) is 0. The Morgan fingerprint density at radius 1 is 1.20 bits per heavy atom. The highest BCUT2D eigenvalue weighted by molar-refractivity contribution is 6.30. The van der Waals surface area contributed by atoms with Gasteiger partial charge in [-0.15, -0.1) is 0 Å². The number of nitrogens with one attached hydrogen (secondary N) is 1. The van der Waals surface area contributed by atoms with Crippen LogP contribution in [-0.4, -0.2) is 31.3 Å². The van der Waals surface area contributed by atoms with Crippen LogP contribution in [0.4, 0.5) is 5.69 Å². The highest BCUT2D eigenvalue weighted by atomic mass is 35.5. The van der Waals surface area contributed by atoms with E-state index in [1.807, 2.05) is 12.1 Å². The summed E-state index contributed by atoms with van der Waals surface area (Å²) in [6, 6.07) is 6.03. The van der Waals surface area contributed by atoms with E-state index in [0.29, 0.717) is 6.54 Å². The molecule has 0 aliphatic rings. The number of rotatable bonds is 10. The van der Waals surface area contributed by atoms with Gasteiger partial charge < -0.3 is 15.3 Å². The third-order valence-electron chi connectivity index (χ3n) is 3.28. The van der Waals surface area contributed by atoms with E-state index in [1.54, 1.807) is 0 Å². The minimum Gasteiger partial charge on any atom is -0.395 e. The Balaban J connectivity index is 2.88. The van der Waals surface area contributed by atoms with E-state index in [0.717, 1.165) is 49.6 Å². The summed E-state index contributed by atoms with van der Waals surface area (Å²) in [5.74, 6) is 0. The number of hydrogen-bond acceptors (Lipinski definition) is 3. The molecule has 0 atom stereocenters. The lowest BCUT2D eigenvalue weighted by molar-refractivity contribution is 0.301. The van der Waals surface area contributed by atoms with Crippen LogP contribution >= 0.6 is 11.6 Å². The van der Waals surface area contributed by atoms with Gasteiger partial charge in [0, 0.05) is 30.3 Å². The summed E-state index contributed by atoms with van der Waals surface area (Å²) >= 11 is 6.15. The molecule has 0 radical (unpaired) electrons. The van der Waals surface area contributed by atoms with Crippen LogP contribution < -0.4 is 10.2 Å². The molecule has 0 spiro atoms. The summed E-state index contributed by atoms with van der Waals surface area (Å²) in [5, 5.41) is 13.5. The van der Waals surface area contributed by atoms with Crippen molar-refractivity contribution in [2.45, 2.75) is 39.7 Å². The maximum atomic E-state index is 9.28. The van der Waals surface area contributed by atoms with Crippen LogP contribution in [0.2, 0.25) is 5.02 Å². The maximum Gasteiger partial charge on any atom is 0.0606 e. The molecule has 0 fully saturated rings. The largest absolute Gasteiger partial charge is 0.395 e. The summed E-state index contributed by atoms with van der Waals surface area (Å²) in [6.07, 6.45) is 3.39. The van der Waals surface area contributed by atoms with Crippen molar-refractivity contribution in [1.82, 2.24) is 5.32 Å². The zero-order valence-electron chi connectivity index (χ0n) is 12.7. The van der Waals surface area contributed by atoms with Gasteiger partial charge in [-0.3, -0.25) is 0 Å². The monoisotopic (exact) mass is 298 g/mol. The van der Waals surface area contributed by atoms with Crippen molar-refractivity contribution in [2.24, 2.45) is 0 Å². The molecule has 1 aromatic rings. The molecule has 20 heavy (non-hydrogen) atoms. The third-order valence-corrected chi connectivity index (χ3v) is 3.52. The summed E-state index contributed by atoms with van der Waals surface area (Å²) in [6.45, 7) is 7.97. The second-order valence-corrected chi connectivity index (χ2v) is 5.45. The van der Waals surface area contributed by atoms with Crippen molar-refractivity contribution < 1.29 is 5.11 Å². The fourth-order valence-electron chi connectivity index (χ4n) is 2.20. The Bertz CT molecular complexity index is 385. The molecule has 0 bridgehead atoms. The van der Waals surface area contributed by atoms with Crippen LogP contribution in [0.3, 0.4) is 0 Å². The molecular formula is C16H27ClN2O. The summed E-state index contributed by atoms with van der Waals surface area (Å²) in [5.41, 5.74) is 2.39. The Morgan fingerprint density at radius 2 is 2.00 bits per heavy atom. The molecule has 1 aromatic carbocycles. The number of nitrogens with zero attached hydrogens (tertiary/aromatic N) is 1. The van der Waals surface area contributed by atoms with Crippen LogP contribution in [0, 0.1) is 0 Å². The third kappa shape index (κ3) is 5.70. The number of anilines is 1. The molecule has 3 nitrogen and oxygen atoms in total. The molecule has 0 saturated carbocycles. The fourth-order valence-corrected chi connectivity index (χ4v) is 2.37. The normalized spacial score (nSPS) is 10.8. The Kier molecular flexibility index (Phi) is 8.67. The van der Waals surface area contributed by atoms with Gasteiger partial charge in [0.25, 0.3) is 0 Å². The molecule has 0 amide bonds. The lowest BCUT2D eigenvalue weighted by Gasteiger charge is -2.27. The van der Waals surface area contributed by atoms with Gasteiger partial charge in [0.15, 0.2) is 0 Å². The van der Waals surface area contributed by atoms with Crippen LogP contribution in [0.25, 0.3) is 0 Å². The second-order valence-electron chi connectivity index (χ2n) is 5.01. The Hall–Kier alpha value is -0.770. The highest BCUT2D eigenvalue weighted by Gasteiger charge is 2.11. The molecule has 1 rings (SSSR count). The summed E-state index contributed by atoms with van der Waals surface area (Å²) in [4.78, 5) is 2.23. The first-order valence-electron chi connectivity index (χ1n) is 7.57. The average molecular weight is 299 g/mol. The fraction of sp³-hybridized carbons (Fsp3) is 0.625. The van der Waals surface area contributed by atoms with E-state index in [-0.39, 0.29) is 6.61 Å². The molecule has 0 unspecified atom stereocenters. The number of aliphatic hydroxyl groups excluding tert-OH is 1. The van der Waals surface area contributed by atoms with Crippen molar-refractivity contribution in [3.8, 4) is 0 Å². The molecule has 4 heteroatoms. The molecule has 0 aliphatic heterocycles. The van der Waals surface area contributed by atoms with Gasteiger partial charge in [-0.25, -0.2) is 0 Å². The smallest absolute Gasteiger partial charge is 0.0606 e. The number of hydrogen-bond donors (Lipinski definition) is 2. The average Bonchev–Trinajstić information content (AvgIpc) is 2.45. The van der Waals surface area contributed by atoms with E-state index in [4.69, 9.17) is 11.6 Å².